The second-order valence-corrected chi connectivity index (χ2v) is 6.73. The quantitative estimate of drug-likeness (QED) is 0.438. The fraction of sp³-hybridized carbons (Fsp3) is 0.208. The van der Waals surface area contributed by atoms with Gasteiger partial charge in [0.05, 0.1) is 46.4 Å². The van der Waals surface area contributed by atoms with Crippen LogP contribution in [0.5, 0.6) is 5.75 Å². The maximum atomic E-state index is 14.2. The number of fused-ring (bicyclic) bond motifs is 1. The monoisotopic (exact) mass is 478 g/mol. The van der Waals surface area contributed by atoms with Crippen molar-refractivity contribution in [1.29, 1.82) is 5.26 Å². The SMILES string of the molecule is [2H]/C(=C\C(=O)Nc1c(OC([2H])([2H])C)c([2H])c2nc([2H])c(C#N)c(Nc3c([2H])c([2H])c(F)c(Cl)c3[2H])c2c1[2H])C([2H])([2H])N(C)C. The number of aromatic nitrogens is 1. The normalized spacial score (nSPS) is 17.0. The number of amides is 1. The maximum absolute atomic E-state index is 14.2. The van der Waals surface area contributed by atoms with Crippen LogP contribution in [0.15, 0.2) is 48.5 Å². The number of carbonyl (C=O) groups excluding carboxylic acids is 1. The number of halogens is 2. The summed E-state index contributed by atoms with van der Waals surface area (Å²) in [7, 11) is 2.65. The van der Waals surface area contributed by atoms with Crippen molar-refractivity contribution in [3.63, 3.8) is 0 Å². The van der Waals surface area contributed by atoms with Crippen LogP contribution in [-0.2, 0) is 4.79 Å². The molecule has 9 heteroatoms. The highest BCUT2D eigenvalue weighted by molar-refractivity contribution is 6.31. The lowest BCUT2D eigenvalue weighted by Crippen LogP contribution is -2.13. The van der Waals surface area contributed by atoms with Crippen molar-refractivity contribution in [2.45, 2.75) is 6.92 Å². The second kappa shape index (κ2) is 10.8. The van der Waals surface area contributed by atoms with E-state index in [2.05, 4.69) is 15.6 Å². The Morgan fingerprint density at radius 1 is 1.45 bits per heavy atom. The van der Waals surface area contributed by atoms with Crippen molar-refractivity contribution < 1.29 is 29.0 Å². The number of hydrogen-bond donors (Lipinski definition) is 2. The molecule has 1 amide bonds. The molecule has 0 unspecified atom stereocenters. The molecule has 3 aromatic rings. The minimum absolute atomic E-state index is 0.466. The molecule has 0 aliphatic carbocycles. The topological polar surface area (TPSA) is 90.3 Å². The molecule has 2 N–H and O–H groups in total. The van der Waals surface area contributed by atoms with Crippen LogP contribution >= 0.6 is 11.6 Å². The van der Waals surface area contributed by atoms with E-state index in [0.29, 0.717) is 6.08 Å². The number of pyridine rings is 1. The second-order valence-electron chi connectivity index (χ2n) is 6.36. The molecule has 0 fully saturated rings. The Morgan fingerprint density at radius 3 is 2.94 bits per heavy atom. The lowest BCUT2D eigenvalue weighted by atomic mass is 10.1. The van der Waals surface area contributed by atoms with Gasteiger partial charge in [-0.1, -0.05) is 17.7 Å². The molecule has 0 bridgehead atoms. The zero-order chi connectivity index (χ0) is 33.6. The molecular weight excluding hydrogens is 445 g/mol. The molecule has 1 aromatic heterocycles. The average Bonchev–Trinajstić information content (AvgIpc) is 2.92. The zero-order valence-corrected chi connectivity index (χ0v) is 18.2. The van der Waals surface area contributed by atoms with Gasteiger partial charge in [-0.2, -0.15) is 5.26 Å². The Balaban J connectivity index is 2.44. The van der Waals surface area contributed by atoms with E-state index in [1.165, 1.54) is 14.1 Å². The minimum atomic E-state index is -2.50. The van der Waals surface area contributed by atoms with Gasteiger partial charge in [0.1, 0.15) is 17.6 Å². The highest BCUT2D eigenvalue weighted by Crippen LogP contribution is 2.36. The first-order valence-corrected chi connectivity index (χ1v) is 9.48. The smallest absolute Gasteiger partial charge is 0.248 e. The molecule has 0 saturated carbocycles. The van der Waals surface area contributed by atoms with Crippen molar-refractivity contribution in [2.75, 3.05) is 37.8 Å². The predicted molar refractivity (Wildman–Crippen MR) is 129 cm³/mol. The van der Waals surface area contributed by atoms with Crippen LogP contribution in [0.4, 0.5) is 21.5 Å². The molecule has 1 heterocycles. The molecule has 3 rings (SSSR count). The Labute approximate surface area is 211 Å². The molecule has 0 spiro atoms. The predicted octanol–water partition coefficient (Wildman–Crippen LogP) is 5.10. The third-order valence-electron chi connectivity index (χ3n) is 3.76. The molecule has 170 valence electrons. The minimum Gasteiger partial charge on any atom is -0.492 e. The molecule has 0 aliphatic heterocycles. The number of benzene rings is 2. The van der Waals surface area contributed by atoms with Gasteiger partial charge in [-0.3, -0.25) is 9.78 Å². The number of nitrogens with one attached hydrogen (secondary N) is 2. The van der Waals surface area contributed by atoms with Gasteiger partial charge >= 0.3 is 0 Å². The van der Waals surface area contributed by atoms with Gasteiger partial charge in [0.15, 0.2) is 0 Å². The molecule has 7 nitrogen and oxygen atoms in total. The van der Waals surface area contributed by atoms with Gasteiger partial charge in [-0.15, -0.1) is 0 Å². The third kappa shape index (κ3) is 5.98. The first-order valence-electron chi connectivity index (χ1n) is 14.6. The standard InChI is InChI=1S/C24H23ClFN5O2/c1-4-33-22-12-20-17(11-21(22)30-23(32)6-5-9-31(2)3)24(15(13-27)14-28-20)29-16-7-8-19(26)18(25)10-16/h5-8,10-12,14H,4,9H2,1-3H3,(H,28,29)(H,30,32)/b6-5+/i4D2,5D,7D,8D,9D2,10D,11D,12D,14D. The average molecular weight is 479 g/mol. The molecule has 2 aromatic carbocycles. The molecule has 33 heavy (non-hydrogen) atoms. The summed E-state index contributed by atoms with van der Waals surface area (Å²) < 4.78 is 109. The molecule has 0 aliphatic rings. The molecule has 0 saturated heterocycles. The van der Waals surface area contributed by atoms with Crippen LogP contribution < -0.4 is 15.4 Å². The lowest BCUT2D eigenvalue weighted by Gasteiger charge is -2.16. The summed E-state index contributed by atoms with van der Waals surface area (Å²) >= 11 is 5.83. The highest BCUT2D eigenvalue weighted by atomic mass is 35.5. The number of anilines is 3. The summed E-state index contributed by atoms with van der Waals surface area (Å²) in [6, 6.07) is -3.35. The summed E-state index contributed by atoms with van der Waals surface area (Å²) in [5.74, 6) is -3.27. The summed E-state index contributed by atoms with van der Waals surface area (Å²) in [5.41, 5.74) is -2.88. The van der Waals surface area contributed by atoms with Gasteiger partial charge in [0.25, 0.3) is 0 Å². The number of ether oxygens (including phenoxy) is 1. The summed E-state index contributed by atoms with van der Waals surface area (Å²) in [4.78, 5) is 17.8. The van der Waals surface area contributed by atoms with Gasteiger partial charge in [-0.25, -0.2) is 4.39 Å². The number of likely N-dealkylation sites (N-methyl/N-ethyl adjacent to an activating group) is 1. The number of carbonyl (C=O) groups is 1. The Bertz CT molecular complexity index is 1750. The third-order valence-corrected chi connectivity index (χ3v) is 4.02. The van der Waals surface area contributed by atoms with E-state index in [9.17, 15) is 14.4 Å². The van der Waals surface area contributed by atoms with E-state index >= 15 is 0 Å². The van der Waals surface area contributed by atoms with Crippen LogP contribution in [0.1, 0.15) is 27.6 Å². The van der Waals surface area contributed by atoms with E-state index < -0.39 is 112 Å². The van der Waals surface area contributed by atoms with Gasteiger partial charge in [0, 0.05) is 38.6 Å². The van der Waals surface area contributed by atoms with Gasteiger partial charge in [0.2, 0.25) is 5.91 Å². The number of rotatable bonds is 8. The molecule has 0 atom stereocenters. The van der Waals surface area contributed by atoms with Crippen LogP contribution in [0.2, 0.25) is 5.02 Å². The number of nitriles is 1. The van der Waals surface area contributed by atoms with E-state index in [1.807, 2.05) is 0 Å². The summed E-state index contributed by atoms with van der Waals surface area (Å²) in [6.07, 6.45) is -0.208. The van der Waals surface area contributed by atoms with Crippen molar-refractivity contribution in [3.8, 4) is 11.8 Å². The Morgan fingerprint density at radius 2 is 2.24 bits per heavy atom. The summed E-state index contributed by atoms with van der Waals surface area (Å²) in [5, 5.41) is 13.2. The van der Waals surface area contributed by atoms with E-state index in [4.69, 9.17) is 31.4 Å². The Hall–Kier alpha value is -3.67. The summed E-state index contributed by atoms with van der Waals surface area (Å²) in [6.45, 7) is -3.94. The number of nitrogens with zero attached hydrogens (tertiary/aromatic N) is 3. The van der Waals surface area contributed by atoms with Gasteiger partial charge < -0.3 is 20.3 Å². The number of hydrogen-bond acceptors (Lipinski definition) is 6. The van der Waals surface area contributed by atoms with E-state index in [-0.39, 0.29) is 0 Å². The first-order chi connectivity index (χ1) is 20.1. The van der Waals surface area contributed by atoms with Crippen LogP contribution in [-0.4, -0.2) is 42.9 Å². The van der Waals surface area contributed by atoms with Crippen molar-refractivity contribution >= 4 is 45.5 Å². The first kappa shape index (κ1) is 13.1. The van der Waals surface area contributed by atoms with Crippen molar-refractivity contribution in [1.82, 2.24) is 9.88 Å². The van der Waals surface area contributed by atoms with Crippen molar-refractivity contribution in [3.05, 3.63) is 64.9 Å². The van der Waals surface area contributed by atoms with Crippen molar-refractivity contribution in [2.24, 2.45) is 0 Å². The Kier molecular flexibility index (Phi) is 4.29. The highest BCUT2D eigenvalue weighted by Gasteiger charge is 2.15. The zero-order valence-electron chi connectivity index (χ0n) is 28.5. The largest absolute Gasteiger partial charge is 0.492 e. The van der Waals surface area contributed by atoms with Crippen LogP contribution in [0.25, 0.3) is 10.9 Å². The fourth-order valence-corrected chi connectivity index (χ4v) is 2.59. The lowest BCUT2D eigenvalue weighted by molar-refractivity contribution is -0.111. The fourth-order valence-electron chi connectivity index (χ4n) is 2.45. The maximum Gasteiger partial charge on any atom is 0.248 e. The van der Waals surface area contributed by atoms with Crippen LogP contribution in [0.3, 0.4) is 0 Å². The van der Waals surface area contributed by atoms with Crippen LogP contribution in [0, 0.1) is 17.1 Å². The van der Waals surface area contributed by atoms with E-state index in [0.717, 1.165) is 11.8 Å². The van der Waals surface area contributed by atoms with E-state index in [1.54, 1.807) is 6.07 Å². The molecular formula is C24H23ClFN5O2. The molecule has 0 radical (unpaired) electrons. The van der Waals surface area contributed by atoms with Gasteiger partial charge in [-0.05, 0) is 45.2 Å².